The Bertz CT molecular complexity index is 640. The number of ether oxygens (including phenoxy) is 1. The Labute approximate surface area is 129 Å². The third-order valence-corrected chi connectivity index (χ3v) is 3.66. The first-order chi connectivity index (χ1) is 10.1. The second-order valence-corrected chi connectivity index (χ2v) is 5.31. The summed E-state index contributed by atoms with van der Waals surface area (Å²) in [6.07, 6.45) is 0. The van der Waals surface area contributed by atoms with Crippen molar-refractivity contribution < 1.29 is 9.53 Å². The van der Waals surface area contributed by atoms with Gasteiger partial charge < -0.3 is 10.1 Å². The topological polar surface area (TPSA) is 38.3 Å². The van der Waals surface area contributed by atoms with Crippen molar-refractivity contribution in [3.05, 3.63) is 64.2 Å². The summed E-state index contributed by atoms with van der Waals surface area (Å²) in [5.74, 6) is 0.494. The quantitative estimate of drug-likeness (QED) is 0.915. The SMILES string of the molecule is Cc1cc(OCC(=O)NCc2ccccc2C)ccc1Cl. The van der Waals surface area contributed by atoms with Gasteiger partial charge in [-0.3, -0.25) is 4.79 Å². The number of aryl methyl sites for hydroxylation is 2. The van der Waals surface area contributed by atoms with Crippen molar-refractivity contribution in [2.24, 2.45) is 0 Å². The first kappa shape index (κ1) is 15.4. The van der Waals surface area contributed by atoms with Gasteiger partial charge in [0.15, 0.2) is 6.61 Å². The molecule has 0 saturated carbocycles. The second kappa shape index (κ2) is 7.14. The van der Waals surface area contributed by atoms with Crippen LogP contribution in [0.4, 0.5) is 0 Å². The summed E-state index contributed by atoms with van der Waals surface area (Å²) in [7, 11) is 0. The normalized spacial score (nSPS) is 10.2. The molecule has 0 bridgehead atoms. The van der Waals surface area contributed by atoms with Crippen LogP contribution >= 0.6 is 11.6 Å². The largest absolute Gasteiger partial charge is 0.484 e. The van der Waals surface area contributed by atoms with E-state index in [4.69, 9.17) is 16.3 Å². The van der Waals surface area contributed by atoms with Crippen molar-refractivity contribution in [2.75, 3.05) is 6.61 Å². The van der Waals surface area contributed by atoms with Gasteiger partial charge >= 0.3 is 0 Å². The van der Waals surface area contributed by atoms with Crippen molar-refractivity contribution in [1.82, 2.24) is 5.32 Å². The molecule has 0 heterocycles. The number of halogens is 1. The van der Waals surface area contributed by atoms with E-state index in [1.807, 2.05) is 44.2 Å². The Morgan fingerprint density at radius 2 is 1.90 bits per heavy atom. The van der Waals surface area contributed by atoms with E-state index in [1.54, 1.807) is 12.1 Å². The lowest BCUT2D eigenvalue weighted by Crippen LogP contribution is -2.28. The van der Waals surface area contributed by atoms with Crippen molar-refractivity contribution in [1.29, 1.82) is 0 Å². The van der Waals surface area contributed by atoms with Crippen molar-refractivity contribution in [3.63, 3.8) is 0 Å². The van der Waals surface area contributed by atoms with E-state index in [-0.39, 0.29) is 12.5 Å². The van der Waals surface area contributed by atoms with Crippen LogP contribution < -0.4 is 10.1 Å². The van der Waals surface area contributed by atoms with Crippen LogP contribution in [0.15, 0.2) is 42.5 Å². The third kappa shape index (κ3) is 4.50. The van der Waals surface area contributed by atoms with Crippen LogP contribution in [0.3, 0.4) is 0 Å². The molecule has 0 aliphatic carbocycles. The van der Waals surface area contributed by atoms with Crippen LogP contribution in [-0.4, -0.2) is 12.5 Å². The fourth-order valence-electron chi connectivity index (χ4n) is 1.91. The molecule has 1 amide bonds. The summed E-state index contributed by atoms with van der Waals surface area (Å²) < 4.78 is 5.45. The van der Waals surface area contributed by atoms with Gasteiger partial charge in [-0.25, -0.2) is 0 Å². The highest BCUT2D eigenvalue weighted by Gasteiger charge is 2.05. The minimum atomic E-state index is -0.147. The highest BCUT2D eigenvalue weighted by Crippen LogP contribution is 2.20. The predicted octanol–water partition coefficient (Wildman–Crippen LogP) is 3.65. The lowest BCUT2D eigenvalue weighted by atomic mass is 10.1. The molecule has 4 heteroatoms. The van der Waals surface area contributed by atoms with Gasteiger partial charge in [-0.1, -0.05) is 35.9 Å². The molecule has 0 saturated heterocycles. The van der Waals surface area contributed by atoms with Crippen LogP contribution in [0.5, 0.6) is 5.75 Å². The zero-order valence-corrected chi connectivity index (χ0v) is 12.9. The van der Waals surface area contributed by atoms with Crippen LogP contribution in [0.25, 0.3) is 0 Å². The maximum absolute atomic E-state index is 11.8. The molecule has 21 heavy (non-hydrogen) atoms. The monoisotopic (exact) mass is 303 g/mol. The van der Waals surface area contributed by atoms with Gasteiger partial charge in [-0.15, -0.1) is 0 Å². The van der Waals surface area contributed by atoms with Gasteiger partial charge in [0.05, 0.1) is 0 Å². The summed E-state index contributed by atoms with van der Waals surface area (Å²) in [6, 6.07) is 13.3. The smallest absolute Gasteiger partial charge is 0.258 e. The molecule has 2 aromatic rings. The summed E-state index contributed by atoms with van der Waals surface area (Å²) in [6.45, 7) is 4.42. The fraction of sp³-hybridized carbons (Fsp3) is 0.235. The first-order valence-electron chi connectivity index (χ1n) is 6.76. The van der Waals surface area contributed by atoms with Gasteiger partial charge in [-0.2, -0.15) is 0 Å². The molecule has 110 valence electrons. The molecule has 1 N–H and O–H groups in total. The van der Waals surface area contributed by atoms with Gasteiger partial charge in [0.2, 0.25) is 0 Å². The van der Waals surface area contributed by atoms with Crippen molar-refractivity contribution >= 4 is 17.5 Å². The highest BCUT2D eigenvalue weighted by atomic mass is 35.5. The minimum absolute atomic E-state index is 0.00699. The van der Waals surface area contributed by atoms with Crippen molar-refractivity contribution in [2.45, 2.75) is 20.4 Å². The highest BCUT2D eigenvalue weighted by molar-refractivity contribution is 6.31. The predicted molar refractivity (Wildman–Crippen MR) is 84.7 cm³/mol. The van der Waals surface area contributed by atoms with Crippen LogP contribution in [0.2, 0.25) is 5.02 Å². The number of hydrogen-bond donors (Lipinski definition) is 1. The van der Waals surface area contributed by atoms with Crippen LogP contribution in [0, 0.1) is 13.8 Å². The summed E-state index contributed by atoms with van der Waals surface area (Å²) in [4.78, 5) is 11.8. The molecule has 0 aliphatic rings. The molecular weight excluding hydrogens is 286 g/mol. The van der Waals surface area contributed by atoms with E-state index >= 15 is 0 Å². The number of carbonyl (C=O) groups is 1. The molecule has 0 aliphatic heterocycles. The average Bonchev–Trinajstić information content (AvgIpc) is 2.47. The minimum Gasteiger partial charge on any atom is -0.484 e. The molecule has 3 nitrogen and oxygen atoms in total. The Hall–Kier alpha value is -2.00. The van der Waals surface area contributed by atoms with Crippen LogP contribution in [0.1, 0.15) is 16.7 Å². The number of nitrogens with one attached hydrogen (secondary N) is 1. The lowest BCUT2D eigenvalue weighted by molar-refractivity contribution is -0.123. The standard InChI is InChI=1S/C17H18ClNO2/c1-12-5-3-4-6-14(12)10-19-17(20)11-21-15-7-8-16(18)13(2)9-15/h3-9H,10-11H2,1-2H3,(H,19,20). The molecule has 0 spiro atoms. The maximum Gasteiger partial charge on any atom is 0.258 e. The Morgan fingerprint density at radius 3 is 2.62 bits per heavy atom. The van der Waals surface area contributed by atoms with E-state index < -0.39 is 0 Å². The van der Waals surface area contributed by atoms with Gasteiger partial charge in [0, 0.05) is 11.6 Å². The van der Waals surface area contributed by atoms with Gasteiger partial charge in [0.25, 0.3) is 5.91 Å². The zero-order valence-electron chi connectivity index (χ0n) is 12.2. The lowest BCUT2D eigenvalue weighted by Gasteiger charge is -2.10. The van der Waals surface area contributed by atoms with E-state index in [0.717, 1.165) is 16.7 Å². The number of carbonyl (C=O) groups excluding carboxylic acids is 1. The molecular formula is C17H18ClNO2. The fourth-order valence-corrected chi connectivity index (χ4v) is 2.03. The first-order valence-corrected chi connectivity index (χ1v) is 7.14. The van der Waals surface area contributed by atoms with Gasteiger partial charge in [0.1, 0.15) is 5.75 Å². The molecule has 0 atom stereocenters. The third-order valence-electron chi connectivity index (χ3n) is 3.24. The molecule has 0 aromatic heterocycles. The second-order valence-electron chi connectivity index (χ2n) is 4.90. The van der Waals surface area contributed by atoms with E-state index in [0.29, 0.717) is 17.3 Å². The van der Waals surface area contributed by atoms with Crippen molar-refractivity contribution in [3.8, 4) is 5.75 Å². The summed E-state index contributed by atoms with van der Waals surface area (Å²) >= 11 is 5.94. The van der Waals surface area contributed by atoms with E-state index in [1.165, 1.54) is 0 Å². The van der Waals surface area contributed by atoms with Gasteiger partial charge in [-0.05, 0) is 48.7 Å². The molecule has 2 aromatic carbocycles. The Kier molecular flexibility index (Phi) is 5.23. The van der Waals surface area contributed by atoms with E-state index in [2.05, 4.69) is 5.32 Å². The summed E-state index contributed by atoms with van der Waals surface area (Å²) in [5, 5.41) is 3.53. The number of rotatable bonds is 5. The molecule has 0 radical (unpaired) electrons. The number of benzene rings is 2. The van der Waals surface area contributed by atoms with Crippen LogP contribution in [-0.2, 0) is 11.3 Å². The number of hydrogen-bond acceptors (Lipinski definition) is 2. The maximum atomic E-state index is 11.8. The summed E-state index contributed by atoms with van der Waals surface area (Å²) in [5.41, 5.74) is 3.19. The molecule has 0 fully saturated rings. The Morgan fingerprint density at radius 1 is 1.14 bits per heavy atom. The molecule has 0 unspecified atom stereocenters. The molecule has 2 rings (SSSR count). The Balaban J connectivity index is 1.82. The average molecular weight is 304 g/mol. The van der Waals surface area contributed by atoms with E-state index in [9.17, 15) is 4.79 Å². The number of amides is 1. The zero-order chi connectivity index (χ0) is 15.2.